The van der Waals surface area contributed by atoms with Crippen molar-refractivity contribution in [2.75, 3.05) is 7.11 Å². The fraction of sp³-hybridized carbons (Fsp3) is 0.857. The molecule has 0 unspecified atom stereocenters. The summed E-state index contributed by atoms with van der Waals surface area (Å²) in [5.41, 5.74) is 0.261. The van der Waals surface area contributed by atoms with Crippen LogP contribution >= 0.6 is 0 Å². The minimum atomic E-state index is -1.26. The molecule has 0 radical (unpaired) electrons. The Morgan fingerprint density at radius 3 is 1.81 bits per heavy atom. The predicted molar refractivity (Wildman–Crippen MR) is 76.5 cm³/mol. The van der Waals surface area contributed by atoms with E-state index in [-0.39, 0.29) is 11.5 Å². The first-order valence-electron chi connectivity index (χ1n) is 6.25. The van der Waals surface area contributed by atoms with Crippen LogP contribution in [0, 0.1) is 11.3 Å². The van der Waals surface area contributed by atoms with Gasteiger partial charge in [0.1, 0.15) is 0 Å². The fourth-order valence-electron chi connectivity index (χ4n) is 2.64. The molecule has 2 atom stereocenters. The van der Waals surface area contributed by atoms with Gasteiger partial charge in [0.05, 0.1) is 14.2 Å². The van der Waals surface area contributed by atoms with Crippen LogP contribution in [0.15, 0.2) is 11.3 Å². The van der Waals surface area contributed by atoms with Crippen molar-refractivity contribution in [3.05, 3.63) is 11.3 Å². The van der Waals surface area contributed by atoms with Gasteiger partial charge >= 0.3 is 0 Å². The molecule has 2 heteroatoms. The second-order valence-corrected chi connectivity index (χ2v) is 11.9. The Hall–Kier alpha value is -0.0831. The van der Waals surface area contributed by atoms with Crippen molar-refractivity contribution in [3.63, 3.8) is 0 Å². The van der Waals surface area contributed by atoms with Crippen LogP contribution in [-0.4, -0.2) is 21.3 Å². The number of hydrogen-bond acceptors (Lipinski definition) is 1. The lowest BCUT2D eigenvalue weighted by Gasteiger charge is -2.41. The fourth-order valence-corrected chi connectivity index (χ4v) is 5.11. The molecule has 0 saturated carbocycles. The van der Waals surface area contributed by atoms with E-state index in [0.29, 0.717) is 5.92 Å². The quantitative estimate of drug-likeness (QED) is 0.659. The zero-order valence-electron chi connectivity index (χ0n) is 12.6. The van der Waals surface area contributed by atoms with Crippen LogP contribution in [0.1, 0.15) is 34.6 Å². The standard InChI is InChI=1S/C14H30OSi/c1-10-12(16(7,8)9)13(11(2)15-6)14(3,4)5/h10-11,13H,1-9H3/b12-10-/t11-,13+/m0/s1. The summed E-state index contributed by atoms with van der Waals surface area (Å²) in [6.07, 6.45) is 2.62. The maximum Gasteiger partial charge on any atom is 0.0725 e. The molecular weight excluding hydrogens is 212 g/mol. The molecule has 0 aromatic carbocycles. The summed E-state index contributed by atoms with van der Waals surface area (Å²) < 4.78 is 5.60. The van der Waals surface area contributed by atoms with E-state index in [4.69, 9.17) is 4.74 Å². The number of ether oxygens (including phenoxy) is 1. The number of allylic oxidation sites excluding steroid dienone is 1. The van der Waals surface area contributed by atoms with Crippen molar-refractivity contribution in [1.82, 2.24) is 0 Å². The zero-order valence-corrected chi connectivity index (χ0v) is 13.6. The molecule has 0 aliphatic carbocycles. The highest BCUT2D eigenvalue weighted by Crippen LogP contribution is 2.39. The van der Waals surface area contributed by atoms with Gasteiger partial charge in [-0.15, -0.1) is 0 Å². The van der Waals surface area contributed by atoms with Gasteiger partial charge in [-0.1, -0.05) is 51.7 Å². The van der Waals surface area contributed by atoms with Gasteiger partial charge in [-0.05, 0) is 19.3 Å². The highest BCUT2D eigenvalue weighted by Gasteiger charge is 2.37. The van der Waals surface area contributed by atoms with Crippen LogP contribution in [0.25, 0.3) is 0 Å². The SMILES string of the molecule is C/C=C(/[C@@H]([C@H](C)OC)C(C)(C)C)[Si](C)(C)C. The third-order valence-electron chi connectivity index (χ3n) is 3.29. The summed E-state index contributed by atoms with van der Waals surface area (Å²) in [4.78, 5) is 0. The highest BCUT2D eigenvalue weighted by molar-refractivity contribution is 6.83. The van der Waals surface area contributed by atoms with Gasteiger partial charge in [0, 0.05) is 13.0 Å². The Kier molecular flexibility index (Phi) is 5.47. The molecule has 1 nitrogen and oxygen atoms in total. The van der Waals surface area contributed by atoms with Gasteiger partial charge in [-0.25, -0.2) is 0 Å². The Morgan fingerprint density at radius 2 is 1.62 bits per heavy atom. The topological polar surface area (TPSA) is 9.23 Å². The molecule has 0 rings (SSSR count). The van der Waals surface area contributed by atoms with E-state index in [2.05, 4.69) is 60.3 Å². The lowest BCUT2D eigenvalue weighted by molar-refractivity contribution is 0.0384. The maximum atomic E-state index is 5.60. The van der Waals surface area contributed by atoms with Gasteiger partial charge in [0.25, 0.3) is 0 Å². The monoisotopic (exact) mass is 242 g/mol. The molecule has 0 fully saturated rings. The van der Waals surface area contributed by atoms with Crippen LogP contribution in [0.5, 0.6) is 0 Å². The number of hydrogen-bond donors (Lipinski definition) is 0. The molecular formula is C14H30OSi. The highest BCUT2D eigenvalue weighted by atomic mass is 28.3. The third-order valence-corrected chi connectivity index (χ3v) is 5.62. The van der Waals surface area contributed by atoms with E-state index in [9.17, 15) is 0 Å². The first-order valence-corrected chi connectivity index (χ1v) is 9.75. The Morgan fingerprint density at radius 1 is 1.19 bits per heavy atom. The molecule has 0 aliphatic heterocycles. The van der Waals surface area contributed by atoms with Crippen molar-refractivity contribution in [3.8, 4) is 0 Å². The molecule has 0 spiro atoms. The Balaban J connectivity index is 5.35. The van der Waals surface area contributed by atoms with Gasteiger partial charge < -0.3 is 4.74 Å². The largest absolute Gasteiger partial charge is 0.381 e. The lowest BCUT2D eigenvalue weighted by Crippen LogP contribution is -2.41. The van der Waals surface area contributed by atoms with E-state index in [1.807, 2.05) is 7.11 Å². The minimum Gasteiger partial charge on any atom is -0.381 e. The van der Waals surface area contributed by atoms with Crippen molar-refractivity contribution < 1.29 is 4.74 Å². The zero-order chi connectivity index (χ0) is 13.1. The van der Waals surface area contributed by atoms with Gasteiger partial charge in [0.15, 0.2) is 0 Å². The molecule has 0 saturated heterocycles. The van der Waals surface area contributed by atoms with Gasteiger partial charge in [-0.2, -0.15) is 0 Å². The smallest absolute Gasteiger partial charge is 0.0725 e. The van der Waals surface area contributed by atoms with E-state index in [1.54, 1.807) is 5.20 Å². The molecule has 0 aromatic heterocycles. The molecule has 0 amide bonds. The van der Waals surface area contributed by atoms with Crippen LogP contribution in [0.4, 0.5) is 0 Å². The summed E-state index contributed by atoms with van der Waals surface area (Å²) in [6.45, 7) is 18.6. The lowest BCUT2D eigenvalue weighted by atomic mass is 9.77. The van der Waals surface area contributed by atoms with Gasteiger partial charge in [0.2, 0.25) is 0 Å². The average molecular weight is 242 g/mol. The molecule has 0 bridgehead atoms. The molecule has 16 heavy (non-hydrogen) atoms. The maximum absolute atomic E-state index is 5.60. The molecule has 0 N–H and O–H groups in total. The normalized spacial score (nSPS) is 18.4. The summed E-state index contributed by atoms with van der Waals surface area (Å²) in [5.74, 6) is 0.522. The summed E-state index contributed by atoms with van der Waals surface area (Å²) in [6, 6.07) is 0. The van der Waals surface area contributed by atoms with E-state index in [0.717, 1.165) is 0 Å². The van der Waals surface area contributed by atoms with Crippen molar-refractivity contribution in [1.29, 1.82) is 0 Å². The number of methoxy groups -OCH3 is 1. The molecule has 0 aromatic rings. The van der Waals surface area contributed by atoms with Gasteiger partial charge in [-0.3, -0.25) is 0 Å². The van der Waals surface area contributed by atoms with Crippen LogP contribution in [0.2, 0.25) is 19.6 Å². The molecule has 96 valence electrons. The Labute approximate surface area is 103 Å². The Bertz CT molecular complexity index is 242. The van der Waals surface area contributed by atoms with Crippen LogP contribution in [0.3, 0.4) is 0 Å². The van der Waals surface area contributed by atoms with Crippen molar-refractivity contribution >= 4 is 8.07 Å². The molecule has 0 aliphatic rings. The summed E-state index contributed by atoms with van der Waals surface area (Å²) in [7, 11) is 0.563. The van der Waals surface area contributed by atoms with Crippen LogP contribution < -0.4 is 0 Å². The molecule has 0 heterocycles. The van der Waals surface area contributed by atoms with Crippen LogP contribution in [-0.2, 0) is 4.74 Å². The second kappa shape index (κ2) is 5.50. The summed E-state index contributed by atoms with van der Waals surface area (Å²) >= 11 is 0. The summed E-state index contributed by atoms with van der Waals surface area (Å²) in [5, 5.41) is 1.63. The predicted octanol–water partition coefficient (Wildman–Crippen LogP) is 4.51. The van der Waals surface area contributed by atoms with E-state index >= 15 is 0 Å². The number of rotatable bonds is 4. The second-order valence-electron chi connectivity index (χ2n) is 6.78. The van der Waals surface area contributed by atoms with Crippen molar-refractivity contribution in [2.24, 2.45) is 11.3 Å². The minimum absolute atomic E-state index is 0.261. The van der Waals surface area contributed by atoms with E-state index in [1.165, 1.54) is 0 Å². The first-order chi connectivity index (χ1) is 7.05. The van der Waals surface area contributed by atoms with Crippen molar-refractivity contribution in [2.45, 2.75) is 60.4 Å². The average Bonchev–Trinajstić information content (AvgIpc) is 2.08. The first kappa shape index (κ1) is 15.9. The van der Waals surface area contributed by atoms with E-state index < -0.39 is 8.07 Å². The third kappa shape index (κ3) is 4.06.